The van der Waals surface area contributed by atoms with E-state index < -0.39 is 0 Å². The van der Waals surface area contributed by atoms with Gasteiger partial charge >= 0.3 is 0 Å². The molecule has 0 spiro atoms. The van der Waals surface area contributed by atoms with Gasteiger partial charge in [0.2, 0.25) is 0 Å². The standard InChI is InChI=1S/C23H25N3O2/c1-16-5-4-11-24-21(16)13-17(2)26(3)23(28)20-8-6-19(7-9-20)22-14-18(15-27)10-12-25-22/h4-12,14,17,27H,13,15H2,1-3H3/t17-/m1/s1. The summed E-state index contributed by atoms with van der Waals surface area (Å²) in [7, 11) is 1.82. The number of carbonyl (C=O) groups excluding carboxylic acids is 1. The molecule has 0 aliphatic carbocycles. The van der Waals surface area contributed by atoms with E-state index in [1.165, 1.54) is 0 Å². The molecule has 0 unspecified atom stereocenters. The monoisotopic (exact) mass is 375 g/mol. The molecule has 1 aromatic carbocycles. The van der Waals surface area contributed by atoms with Gasteiger partial charge in [0.25, 0.3) is 5.91 Å². The first-order chi connectivity index (χ1) is 13.5. The van der Waals surface area contributed by atoms with Gasteiger partial charge in [0.05, 0.1) is 12.3 Å². The van der Waals surface area contributed by atoms with Gasteiger partial charge in [0, 0.05) is 48.7 Å². The molecule has 0 aliphatic heterocycles. The van der Waals surface area contributed by atoms with Crippen molar-refractivity contribution < 1.29 is 9.90 Å². The predicted octanol–water partition coefficient (Wildman–Crippen LogP) is 3.65. The normalized spacial score (nSPS) is 11.9. The van der Waals surface area contributed by atoms with Crippen molar-refractivity contribution in [1.82, 2.24) is 14.9 Å². The minimum atomic E-state index is -0.0234. The van der Waals surface area contributed by atoms with Crippen molar-refractivity contribution in [2.75, 3.05) is 7.05 Å². The number of aryl methyl sites for hydroxylation is 1. The minimum absolute atomic E-state index is 0.0233. The third-order valence-electron chi connectivity index (χ3n) is 5.02. The van der Waals surface area contributed by atoms with Gasteiger partial charge in [-0.3, -0.25) is 14.8 Å². The smallest absolute Gasteiger partial charge is 0.253 e. The number of rotatable bonds is 6. The summed E-state index contributed by atoms with van der Waals surface area (Å²) in [6.07, 6.45) is 4.18. The van der Waals surface area contributed by atoms with E-state index >= 15 is 0 Å². The highest BCUT2D eigenvalue weighted by Gasteiger charge is 2.19. The Hall–Kier alpha value is -3.05. The SMILES string of the molecule is Cc1cccnc1C[C@@H](C)N(C)C(=O)c1ccc(-c2cc(CO)ccn2)cc1. The van der Waals surface area contributed by atoms with Gasteiger partial charge in [-0.25, -0.2) is 0 Å². The lowest BCUT2D eigenvalue weighted by molar-refractivity contribution is 0.0743. The lowest BCUT2D eigenvalue weighted by Gasteiger charge is -2.25. The molecule has 1 atom stereocenters. The van der Waals surface area contributed by atoms with Gasteiger partial charge in [-0.1, -0.05) is 18.2 Å². The molecule has 1 N–H and O–H groups in total. The summed E-state index contributed by atoms with van der Waals surface area (Å²) >= 11 is 0. The van der Waals surface area contributed by atoms with Crippen LogP contribution in [0.15, 0.2) is 60.9 Å². The van der Waals surface area contributed by atoms with Crippen molar-refractivity contribution in [2.45, 2.75) is 32.9 Å². The van der Waals surface area contributed by atoms with Crippen molar-refractivity contribution in [1.29, 1.82) is 0 Å². The van der Waals surface area contributed by atoms with Crippen molar-refractivity contribution in [3.63, 3.8) is 0 Å². The van der Waals surface area contributed by atoms with E-state index in [0.29, 0.717) is 12.0 Å². The van der Waals surface area contributed by atoms with Crippen LogP contribution in [0.4, 0.5) is 0 Å². The Morgan fingerprint density at radius 1 is 1.11 bits per heavy atom. The molecule has 5 nitrogen and oxygen atoms in total. The van der Waals surface area contributed by atoms with E-state index in [-0.39, 0.29) is 18.6 Å². The largest absolute Gasteiger partial charge is 0.392 e. The molecule has 1 amide bonds. The maximum atomic E-state index is 12.9. The third kappa shape index (κ3) is 4.43. The lowest BCUT2D eigenvalue weighted by atomic mass is 10.0. The summed E-state index contributed by atoms with van der Waals surface area (Å²) in [5, 5.41) is 9.28. The van der Waals surface area contributed by atoms with E-state index in [2.05, 4.69) is 9.97 Å². The van der Waals surface area contributed by atoms with Crippen LogP contribution in [0.2, 0.25) is 0 Å². The summed E-state index contributed by atoms with van der Waals surface area (Å²) in [5.41, 5.74) is 5.28. The van der Waals surface area contributed by atoms with E-state index in [9.17, 15) is 9.90 Å². The average Bonchev–Trinajstić information content (AvgIpc) is 2.74. The zero-order valence-corrected chi connectivity index (χ0v) is 16.5. The van der Waals surface area contributed by atoms with Gasteiger partial charge < -0.3 is 10.0 Å². The first-order valence-corrected chi connectivity index (χ1v) is 9.33. The van der Waals surface area contributed by atoms with Crippen LogP contribution >= 0.6 is 0 Å². The van der Waals surface area contributed by atoms with E-state index in [0.717, 1.165) is 28.1 Å². The van der Waals surface area contributed by atoms with Gasteiger partial charge in [0.1, 0.15) is 0 Å². The van der Waals surface area contributed by atoms with Crippen LogP contribution in [-0.4, -0.2) is 39.0 Å². The number of nitrogens with zero attached hydrogens (tertiary/aromatic N) is 3. The number of carbonyl (C=O) groups is 1. The molecule has 3 rings (SSSR count). The minimum Gasteiger partial charge on any atom is -0.392 e. The van der Waals surface area contributed by atoms with Crippen molar-refractivity contribution in [3.05, 3.63) is 83.3 Å². The van der Waals surface area contributed by atoms with Crippen molar-refractivity contribution in [3.8, 4) is 11.3 Å². The van der Waals surface area contributed by atoms with Crippen molar-refractivity contribution >= 4 is 5.91 Å². The summed E-state index contributed by atoms with van der Waals surface area (Å²) in [4.78, 5) is 23.4. The summed E-state index contributed by atoms with van der Waals surface area (Å²) in [5.74, 6) is -0.0234. The highest BCUT2D eigenvalue weighted by Crippen LogP contribution is 2.20. The first kappa shape index (κ1) is 19.7. The molecule has 0 bridgehead atoms. The fourth-order valence-corrected chi connectivity index (χ4v) is 3.07. The van der Waals surface area contributed by atoms with Crippen molar-refractivity contribution in [2.24, 2.45) is 0 Å². The number of pyridine rings is 2. The number of hydrogen-bond acceptors (Lipinski definition) is 4. The highest BCUT2D eigenvalue weighted by atomic mass is 16.3. The quantitative estimate of drug-likeness (QED) is 0.714. The van der Waals surface area contributed by atoms with Crippen LogP contribution in [0.5, 0.6) is 0 Å². The number of hydrogen-bond donors (Lipinski definition) is 1. The molecule has 3 aromatic rings. The highest BCUT2D eigenvalue weighted by molar-refractivity contribution is 5.94. The molecule has 0 radical (unpaired) electrons. The molecule has 0 saturated heterocycles. The number of aliphatic hydroxyl groups is 1. The zero-order chi connectivity index (χ0) is 20.1. The number of likely N-dealkylation sites (N-methyl/N-ethyl adjacent to an activating group) is 1. The second-order valence-corrected chi connectivity index (χ2v) is 7.02. The average molecular weight is 375 g/mol. The summed E-state index contributed by atoms with van der Waals surface area (Å²) < 4.78 is 0. The third-order valence-corrected chi connectivity index (χ3v) is 5.02. The van der Waals surface area contributed by atoms with Gasteiger partial charge in [-0.2, -0.15) is 0 Å². The fraction of sp³-hybridized carbons (Fsp3) is 0.261. The number of amides is 1. The molecule has 5 heteroatoms. The molecule has 0 aliphatic rings. The van der Waals surface area contributed by atoms with Crippen LogP contribution in [0.25, 0.3) is 11.3 Å². The number of aliphatic hydroxyl groups excluding tert-OH is 1. The molecule has 0 fully saturated rings. The second kappa shape index (κ2) is 8.76. The van der Waals surface area contributed by atoms with E-state index in [1.807, 2.05) is 63.4 Å². The second-order valence-electron chi connectivity index (χ2n) is 7.02. The fourth-order valence-electron chi connectivity index (χ4n) is 3.07. The Balaban J connectivity index is 1.72. The molecule has 144 valence electrons. The molecule has 2 heterocycles. The number of benzene rings is 1. The predicted molar refractivity (Wildman–Crippen MR) is 110 cm³/mol. The first-order valence-electron chi connectivity index (χ1n) is 9.33. The topological polar surface area (TPSA) is 66.3 Å². The molecular weight excluding hydrogens is 350 g/mol. The Bertz CT molecular complexity index is 954. The molecule has 28 heavy (non-hydrogen) atoms. The number of aromatic nitrogens is 2. The maximum absolute atomic E-state index is 12.9. The Kier molecular flexibility index (Phi) is 6.16. The van der Waals surface area contributed by atoms with Crippen LogP contribution in [0.3, 0.4) is 0 Å². The van der Waals surface area contributed by atoms with Gasteiger partial charge in [-0.05, 0) is 55.3 Å². The van der Waals surface area contributed by atoms with Gasteiger partial charge in [0.15, 0.2) is 0 Å². The molecule has 2 aromatic heterocycles. The van der Waals surface area contributed by atoms with Crippen LogP contribution in [0.1, 0.15) is 34.1 Å². The lowest BCUT2D eigenvalue weighted by Crippen LogP contribution is -2.36. The Morgan fingerprint density at radius 3 is 2.54 bits per heavy atom. The maximum Gasteiger partial charge on any atom is 0.253 e. The van der Waals surface area contributed by atoms with Crippen LogP contribution in [0, 0.1) is 6.92 Å². The summed E-state index contributed by atoms with van der Waals surface area (Å²) in [6, 6.07) is 15.0. The van der Waals surface area contributed by atoms with Crippen LogP contribution in [-0.2, 0) is 13.0 Å². The molecule has 0 saturated carbocycles. The van der Waals surface area contributed by atoms with Gasteiger partial charge in [-0.15, -0.1) is 0 Å². The zero-order valence-electron chi connectivity index (χ0n) is 16.5. The van der Waals surface area contributed by atoms with E-state index in [4.69, 9.17) is 0 Å². The Morgan fingerprint density at radius 2 is 1.86 bits per heavy atom. The molecular formula is C23H25N3O2. The Labute approximate surface area is 165 Å². The van der Waals surface area contributed by atoms with Crippen LogP contribution < -0.4 is 0 Å². The summed E-state index contributed by atoms with van der Waals surface area (Å²) in [6.45, 7) is 4.05. The van der Waals surface area contributed by atoms with E-state index in [1.54, 1.807) is 23.4 Å².